The van der Waals surface area contributed by atoms with Crippen LogP contribution in [-0.2, 0) is 4.79 Å². The summed E-state index contributed by atoms with van der Waals surface area (Å²) < 4.78 is 0. The summed E-state index contributed by atoms with van der Waals surface area (Å²) in [5.74, 6) is 1.03. The Hall–Kier alpha value is -0.300. The lowest BCUT2D eigenvalue weighted by Crippen LogP contribution is -2.32. The zero-order valence-corrected chi connectivity index (χ0v) is 8.14. The van der Waals surface area contributed by atoms with E-state index in [1.54, 1.807) is 0 Å². The molecule has 12 heavy (non-hydrogen) atoms. The Kier molecular flexibility index (Phi) is 1.63. The lowest BCUT2D eigenvalue weighted by molar-refractivity contribution is -0.118. The smallest absolute Gasteiger partial charge is 0.225 e. The predicted molar refractivity (Wildman–Crippen MR) is 48.9 cm³/mol. The molecule has 0 heterocycles. The van der Waals surface area contributed by atoms with E-state index in [-0.39, 0.29) is 16.6 Å². The van der Waals surface area contributed by atoms with Crippen molar-refractivity contribution in [2.24, 2.45) is 23.2 Å². The number of halogens is 1. The van der Waals surface area contributed by atoms with Gasteiger partial charge in [0.2, 0.25) is 5.24 Å². The van der Waals surface area contributed by atoms with E-state index in [1.165, 1.54) is 0 Å². The summed E-state index contributed by atoms with van der Waals surface area (Å²) in [6.45, 7) is 4.29. The standard InChI is InChI=1S/C10H13ClO/c1-10(2)7-4-3-6(5-7)8(10)9(11)12/h3-4,6-8H,5H2,1-2H3. The Morgan fingerprint density at radius 3 is 2.50 bits per heavy atom. The van der Waals surface area contributed by atoms with Crippen LogP contribution in [0.5, 0.6) is 0 Å². The topological polar surface area (TPSA) is 17.1 Å². The molecule has 0 saturated heterocycles. The first-order valence-corrected chi connectivity index (χ1v) is 4.79. The van der Waals surface area contributed by atoms with Crippen LogP contribution in [0.25, 0.3) is 0 Å². The van der Waals surface area contributed by atoms with Crippen molar-refractivity contribution < 1.29 is 4.79 Å². The van der Waals surface area contributed by atoms with E-state index in [4.69, 9.17) is 11.6 Å². The third kappa shape index (κ3) is 0.891. The number of hydrogen-bond acceptors (Lipinski definition) is 1. The first kappa shape index (κ1) is 8.31. The zero-order chi connectivity index (χ0) is 8.93. The molecule has 2 bridgehead atoms. The third-order valence-electron chi connectivity index (χ3n) is 3.55. The average molecular weight is 185 g/mol. The second kappa shape index (κ2) is 2.35. The van der Waals surface area contributed by atoms with Crippen molar-refractivity contribution >= 4 is 16.8 Å². The second-order valence-electron chi connectivity index (χ2n) is 4.49. The van der Waals surface area contributed by atoms with Crippen LogP contribution < -0.4 is 0 Å². The SMILES string of the molecule is CC1(C)C2C=CC(C2)C1C(=O)Cl. The van der Waals surface area contributed by atoms with E-state index in [1.807, 2.05) is 0 Å². The van der Waals surface area contributed by atoms with Crippen LogP contribution in [0.15, 0.2) is 12.2 Å². The minimum atomic E-state index is -0.156. The highest BCUT2D eigenvalue weighted by molar-refractivity contribution is 6.64. The fraction of sp³-hybridized carbons (Fsp3) is 0.700. The maximum atomic E-state index is 11.2. The van der Waals surface area contributed by atoms with Crippen LogP contribution in [0.3, 0.4) is 0 Å². The molecule has 66 valence electrons. The van der Waals surface area contributed by atoms with Crippen molar-refractivity contribution in [1.82, 2.24) is 0 Å². The summed E-state index contributed by atoms with van der Waals surface area (Å²) in [6.07, 6.45) is 5.51. The number of fused-ring (bicyclic) bond motifs is 2. The van der Waals surface area contributed by atoms with Gasteiger partial charge in [-0.1, -0.05) is 26.0 Å². The van der Waals surface area contributed by atoms with Gasteiger partial charge in [-0.05, 0) is 35.3 Å². The molecule has 0 aromatic rings. The maximum Gasteiger partial charge on any atom is 0.225 e. The van der Waals surface area contributed by atoms with Gasteiger partial charge in [-0.15, -0.1) is 0 Å². The fourth-order valence-electron chi connectivity index (χ4n) is 2.77. The van der Waals surface area contributed by atoms with Crippen molar-refractivity contribution in [2.75, 3.05) is 0 Å². The minimum Gasteiger partial charge on any atom is -0.281 e. The number of carbonyl (C=O) groups is 1. The van der Waals surface area contributed by atoms with Gasteiger partial charge in [0.25, 0.3) is 0 Å². The van der Waals surface area contributed by atoms with Crippen molar-refractivity contribution in [3.63, 3.8) is 0 Å². The molecular weight excluding hydrogens is 172 g/mol. The van der Waals surface area contributed by atoms with Crippen LogP contribution in [0.2, 0.25) is 0 Å². The summed E-state index contributed by atoms with van der Waals surface area (Å²) in [7, 11) is 0. The number of hydrogen-bond donors (Lipinski definition) is 0. The Morgan fingerprint density at radius 1 is 1.50 bits per heavy atom. The Balaban J connectivity index is 2.36. The van der Waals surface area contributed by atoms with Gasteiger partial charge < -0.3 is 0 Å². The van der Waals surface area contributed by atoms with E-state index < -0.39 is 0 Å². The number of rotatable bonds is 1. The van der Waals surface area contributed by atoms with Crippen LogP contribution in [0.4, 0.5) is 0 Å². The normalized spacial score (nSPS) is 42.1. The van der Waals surface area contributed by atoms with Gasteiger partial charge in [-0.3, -0.25) is 4.79 Å². The molecule has 2 aliphatic carbocycles. The van der Waals surface area contributed by atoms with Gasteiger partial charge in [-0.25, -0.2) is 0 Å². The van der Waals surface area contributed by atoms with Crippen molar-refractivity contribution in [2.45, 2.75) is 20.3 Å². The van der Waals surface area contributed by atoms with Gasteiger partial charge in [0.1, 0.15) is 0 Å². The summed E-state index contributed by atoms with van der Waals surface area (Å²) >= 11 is 5.59. The Morgan fingerprint density at radius 2 is 2.17 bits per heavy atom. The molecule has 0 aromatic carbocycles. The van der Waals surface area contributed by atoms with Gasteiger partial charge >= 0.3 is 0 Å². The van der Waals surface area contributed by atoms with Gasteiger partial charge in [0, 0.05) is 5.92 Å². The van der Waals surface area contributed by atoms with E-state index in [9.17, 15) is 4.79 Å². The summed E-state index contributed by atoms with van der Waals surface area (Å²) in [5.41, 5.74) is 0.0816. The van der Waals surface area contributed by atoms with E-state index in [2.05, 4.69) is 26.0 Å². The monoisotopic (exact) mass is 184 g/mol. The summed E-state index contributed by atoms with van der Waals surface area (Å²) in [5, 5.41) is -0.156. The molecule has 1 nitrogen and oxygen atoms in total. The van der Waals surface area contributed by atoms with Gasteiger partial charge in [0.15, 0.2) is 0 Å². The van der Waals surface area contributed by atoms with Gasteiger partial charge in [-0.2, -0.15) is 0 Å². The largest absolute Gasteiger partial charge is 0.281 e. The molecule has 2 heteroatoms. The van der Waals surface area contributed by atoms with Crippen LogP contribution >= 0.6 is 11.6 Å². The first-order chi connectivity index (χ1) is 5.53. The molecule has 0 spiro atoms. The highest BCUT2D eigenvalue weighted by atomic mass is 35.5. The quantitative estimate of drug-likeness (QED) is 0.452. The van der Waals surface area contributed by atoms with Crippen molar-refractivity contribution in [3.8, 4) is 0 Å². The van der Waals surface area contributed by atoms with Crippen LogP contribution in [-0.4, -0.2) is 5.24 Å². The minimum absolute atomic E-state index is 0.0502. The van der Waals surface area contributed by atoms with E-state index >= 15 is 0 Å². The van der Waals surface area contributed by atoms with Crippen molar-refractivity contribution in [1.29, 1.82) is 0 Å². The first-order valence-electron chi connectivity index (χ1n) is 4.41. The molecule has 2 rings (SSSR count). The fourth-order valence-corrected chi connectivity index (χ4v) is 3.21. The third-order valence-corrected chi connectivity index (χ3v) is 3.78. The lowest BCUT2D eigenvalue weighted by Gasteiger charge is -2.32. The maximum absolute atomic E-state index is 11.2. The summed E-state index contributed by atoms with van der Waals surface area (Å²) in [4.78, 5) is 11.2. The molecule has 1 fully saturated rings. The van der Waals surface area contributed by atoms with Crippen LogP contribution in [0, 0.1) is 23.2 Å². The molecule has 2 aliphatic rings. The van der Waals surface area contributed by atoms with Gasteiger partial charge in [0.05, 0.1) is 0 Å². The molecule has 0 N–H and O–H groups in total. The predicted octanol–water partition coefficient (Wildman–Crippen LogP) is 2.60. The molecule has 0 amide bonds. The van der Waals surface area contributed by atoms with E-state index in [0.29, 0.717) is 11.8 Å². The zero-order valence-electron chi connectivity index (χ0n) is 7.38. The lowest BCUT2D eigenvalue weighted by atomic mass is 9.72. The molecule has 3 atom stereocenters. The molecule has 1 saturated carbocycles. The van der Waals surface area contributed by atoms with Crippen LogP contribution in [0.1, 0.15) is 20.3 Å². The molecule has 0 aliphatic heterocycles. The Bertz CT molecular complexity index is 255. The molecular formula is C10H13ClO. The highest BCUT2D eigenvalue weighted by Gasteiger charge is 2.52. The molecule has 0 radical (unpaired) electrons. The second-order valence-corrected chi connectivity index (χ2v) is 4.87. The van der Waals surface area contributed by atoms with Crippen molar-refractivity contribution in [3.05, 3.63) is 12.2 Å². The number of carbonyl (C=O) groups excluding carboxylic acids is 1. The summed E-state index contributed by atoms with van der Waals surface area (Å²) in [6, 6.07) is 0. The Labute approximate surface area is 77.8 Å². The number of allylic oxidation sites excluding steroid dienone is 2. The molecule has 3 unspecified atom stereocenters. The molecule has 0 aromatic heterocycles. The van der Waals surface area contributed by atoms with E-state index in [0.717, 1.165) is 6.42 Å². The average Bonchev–Trinajstić information content (AvgIpc) is 2.41. The highest BCUT2D eigenvalue weighted by Crippen LogP contribution is 2.56.